The summed E-state index contributed by atoms with van der Waals surface area (Å²) in [5, 5.41) is 6.58. The Morgan fingerprint density at radius 3 is 2.61 bits per heavy atom. The number of amides is 1. The number of rotatable bonds is 4. The third-order valence-corrected chi connectivity index (χ3v) is 5.03. The maximum absolute atomic E-state index is 13.0. The van der Waals surface area contributed by atoms with Gasteiger partial charge in [0, 0.05) is 23.5 Å². The quantitative estimate of drug-likeness (QED) is 0.619. The maximum Gasteiger partial charge on any atom is 0.439 e. The van der Waals surface area contributed by atoms with E-state index in [4.69, 9.17) is 0 Å². The summed E-state index contributed by atoms with van der Waals surface area (Å²) in [7, 11) is 0. The van der Waals surface area contributed by atoms with Gasteiger partial charge >= 0.3 is 11.9 Å². The lowest BCUT2D eigenvalue weighted by Crippen LogP contribution is -2.46. The van der Waals surface area contributed by atoms with Crippen LogP contribution in [0.2, 0.25) is 0 Å². The van der Waals surface area contributed by atoms with Gasteiger partial charge in [0.1, 0.15) is 0 Å². The molecule has 0 fully saturated rings. The largest absolute Gasteiger partial charge is 0.439 e. The molecular formula is C21H17F3N4O3. The molecule has 160 valence electrons. The second-order valence-corrected chi connectivity index (χ2v) is 7.02. The van der Waals surface area contributed by atoms with Gasteiger partial charge < -0.3 is 10.2 Å². The van der Waals surface area contributed by atoms with Crippen molar-refractivity contribution in [1.29, 1.82) is 0 Å². The molecule has 2 aromatic carbocycles. The molecule has 0 aliphatic carbocycles. The van der Waals surface area contributed by atoms with Gasteiger partial charge in [-0.3, -0.25) is 14.3 Å². The van der Waals surface area contributed by atoms with E-state index in [-0.39, 0.29) is 17.8 Å². The number of carbonyl (C=O) groups is 1. The van der Waals surface area contributed by atoms with E-state index in [1.807, 2.05) is 11.0 Å². The Morgan fingerprint density at radius 1 is 1.26 bits per heavy atom. The highest BCUT2D eigenvalue weighted by atomic mass is 19.4. The van der Waals surface area contributed by atoms with Gasteiger partial charge in [0.05, 0.1) is 11.6 Å². The minimum absolute atomic E-state index is 0.227. The number of halogens is 3. The summed E-state index contributed by atoms with van der Waals surface area (Å²) in [6.07, 6.45) is -2.87. The second kappa shape index (κ2) is 7.78. The number of hydrogen-bond donors (Lipinski definition) is 2. The van der Waals surface area contributed by atoms with Gasteiger partial charge in [-0.05, 0) is 48.4 Å². The number of anilines is 2. The van der Waals surface area contributed by atoms with Crippen LogP contribution in [-0.2, 0) is 17.4 Å². The number of nitrogens with zero attached hydrogens (tertiary/aromatic N) is 2. The highest BCUT2D eigenvalue weighted by molar-refractivity contribution is 5.87. The molecule has 1 amide bonds. The Hall–Kier alpha value is -3.82. The van der Waals surface area contributed by atoms with Crippen LogP contribution in [0, 0.1) is 0 Å². The normalized spacial score (nSPS) is 16.0. The first kappa shape index (κ1) is 20.5. The molecule has 4 rings (SSSR count). The summed E-state index contributed by atoms with van der Waals surface area (Å²) in [4.78, 5) is 27.6. The fourth-order valence-electron chi connectivity index (χ4n) is 3.67. The third-order valence-electron chi connectivity index (χ3n) is 5.03. The number of benzene rings is 2. The van der Waals surface area contributed by atoms with E-state index in [1.54, 1.807) is 12.1 Å². The van der Waals surface area contributed by atoms with E-state index >= 15 is 0 Å². The lowest BCUT2D eigenvalue weighted by Gasteiger charge is -2.37. The van der Waals surface area contributed by atoms with Crippen LogP contribution in [0.15, 0.2) is 64.4 Å². The molecule has 0 saturated carbocycles. The van der Waals surface area contributed by atoms with Crippen molar-refractivity contribution in [3.63, 3.8) is 0 Å². The molecule has 1 atom stereocenters. The second-order valence-electron chi connectivity index (χ2n) is 7.02. The van der Waals surface area contributed by atoms with Crippen LogP contribution in [0.25, 0.3) is 11.4 Å². The SMILES string of the molecule is C=CC(=O)N[C@@H]1Cc2c(-c3noc(=O)[nH]3)cccc2N(c2ccc(C(F)(F)F)cc2)C1. The maximum atomic E-state index is 13.0. The fourth-order valence-corrected chi connectivity index (χ4v) is 3.67. The molecule has 0 spiro atoms. The van der Waals surface area contributed by atoms with Crippen molar-refractivity contribution in [3.05, 3.63) is 76.8 Å². The van der Waals surface area contributed by atoms with E-state index in [2.05, 4.69) is 26.6 Å². The number of aromatic amines is 1. The van der Waals surface area contributed by atoms with Crippen molar-refractivity contribution in [2.24, 2.45) is 0 Å². The molecule has 3 aromatic rings. The van der Waals surface area contributed by atoms with E-state index in [0.29, 0.717) is 24.2 Å². The molecule has 0 radical (unpaired) electrons. The fraction of sp³-hybridized carbons (Fsp3) is 0.190. The predicted molar refractivity (Wildman–Crippen MR) is 107 cm³/mol. The Balaban J connectivity index is 1.80. The lowest BCUT2D eigenvalue weighted by atomic mass is 9.92. The van der Waals surface area contributed by atoms with Crippen LogP contribution in [0.1, 0.15) is 11.1 Å². The summed E-state index contributed by atoms with van der Waals surface area (Å²) >= 11 is 0. The van der Waals surface area contributed by atoms with E-state index in [0.717, 1.165) is 29.5 Å². The van der Waals surface area contributed by atoms with Crippen molar-refractivity contribution in [1.82, 2.24) is 15.5 Å². The number of nitrogens with one attached hydrogen (secondary N) is 2. The molecule has 1 aliphatic rings. The summed E-state index contributed by atoms with van der Waals surface area (Å²) < 4.78 is 43.5. The Kier molecular flexibility index (Phi) is 5.14. The van der Waals surface area contributed by atoms with Gasteiger partial charge in [0.2, 0.25) is 5.91 Å². The number of alkyl halides is 3. The van der Waals surface area contributed by atoms with Crippen LogP contribution < -0.4 is 16.0 Å². The zero-order chi connectivity index (χ0) is 22.2. The van der Waals surface area contributed by atoms with Gasteiger partial charge in [0.25, 0.3) is 0 Å². The van der Waals surface area contributed by atoms with Gasteiger partial charge in [-0.1, -0.05) is 23.9 Å². The zero-order valence-electron chi connectivity index (χ0n) is 16.1. The van der Waals surface area contributed by atoms with Crippen molar-refractivity contribution in [2.45, 2.75) is 18.6 Å². The lowest BCUT2D eigenvalue weighted by molar-refractivity contribution is -0.137. The average molecular weight is 430 g/mol. The standard InChI is InChI=1S/C21H17F3N4O3/c1-2-18(29)25-13-10-16-15(19-26-20(30)31-27-19)4-3-5-17(16)28(11-13)14-8-6-12(7-9-14)21(22,23)24/h2-9,13H,1,10-11H2,(H,25,29)(H,26,27,30)/t13-/m1/s1. The van der Waals surface area contributed by atoms with E-state index < -0.39 is 17.5 Å². The van der Waals surface area contributed by atoms with Crippen LogP contribution in [0.5, 0.6) is 0 Å². The van der Waals surface area contributed by atoms with Crippen molar-refractivity contribution in [2.75, 3.05) is 11.4 Å². The number of aromatic nitrogens is 2. The first-order chi connectivity index (χ1) is 14.8. The number of hydrogen-bond acceptors (Lipinski definition) is 5. The first-order valence-corrected chi connectivity index (χ1v) is 9.32. The zero-order valence-corrected chi connectivity index (χ0v) is 16.1. The molecule has 0 saturated heterocycles. The predicted octanol–water partition coefficient (Wildman–Crippen LogP) is 3.41. The summed E-state index contributed by atoms with van der Waals surface area (Å²) in [6, 6.07) is 9.75. The van der Waals surface area contributed by atoms with E-state index in [9.17, 15) is 22.8 Å². The summed E-state index contributed by atoms with van der Waals surface area (Å²) in [5.74, 6) is -0.849. The van der Waals surface area contributed by atoms with Crippen molar-refractivity contribution < 1.29 is 22.5 Å². The molecule has 1 aliphatic heterocycles. The molecule has 2 N–H and O–H groups in total. The first-order valence-electron chi connectivity index (χ1n) is 9.32. The highest BCUT2D eigenvalue weighted by Gasteiger charge is 2.32. The average Bonchev–Trinajstić information content (AvgIpc) is 3.18. The third kappa shape index (κ3) is 4.09. The van der Waals surface area contributed by atoms with Gasteiger partial charge in [-0.15, -0.1) is 0 Å². The van der Waals surface area contributed by atoms with Gasteiger partial charge in [-0.2, -0.15) is 13.2 Å². The van der Waals surface area contributed by atoms with Crippen molar-refractivity contribution >= 4 is 17.3 Å². The van der Waals surface area contributed by atoms with Crippen LogP contribution in [0.4, 0.5) is 24.5 Å². The van der Waals surface area contributed by atoms with Gasteiger partial charge in [0.15, 0.2) is 5.82 Å². The topological polar surface area (TPSA) is 91.2 Å². The van der Waals surface area contributed by atoms with Crippen molar-refractivity contribution in [3.8, 4) is 11.4 Å². The molecule has 31 heavy (non-hydrogen) atoms. The molecule has 1 aromatic heterocycles. The highest BCUT2D eigenvalue weighted by Crippen LogP contribution is 2.39. The van der Waals surface area contributed by atoms with Gasteiger partial charge in [-0.25, -0.2) is 4.79 Å². The number of carbonyl (C=O) groups excluding carboxylic acids is 1. The Morgan fingerprint density at radius 2 is 2.00 bits per heavy atom. The number of fused-ring (bicyclic) bond motifs is 1. The molecule has 10 heteroatoms. The number of H-pyrrole nitrogens is 1. The Labute approximate surface area is 174 Å². The monoisotopic (exact) mass is 430 g/mol. The Bertz CT molecular complexity index is 1180. The molecule has 0 bridgehead atoms. The van der Waals surface area contributed by atoms with E-state index in [1.165, 1.54) is 12.1 Å². The molecule has 7 nitrogen and oxygen atoms in total. The molecular weight excluding hydrogens is 413 g/mol. The summed E-state index contributed by atoms with van der Waals surface area (Å²) in [6.45, 7) is 3.78. The van der Waals surface area contributed by atoms with Crippen LogP contribution >= 0.6 is 0 Å². The smallest absolute Gasteiger partial charge is 0.348 e. The summed E-state index contributed by atoms with van der Waals surface area (Å²) in [5.41, 5.74) is 1.85. The minimum atomic E-state index is -4.44. The van der Waals surface area contributed by atoms with Crippen LogP contribution in [0.3, 0.4) is 0 Å². The van der Waals surface area contributed by atoms with Crippen LogP contribution in [-0.4, -0.2) is 28.6 Å². The molecule has 0 unspecified atom stereocenters. The molecule has 2 heterocycles. The minimum Gasteiger partial charge on any atom is -0.348 e.